The Bertz CT molecular complexity index is 695. The normalized spacial score (nSPS) is 14.2. The number of rotatable bonds is 4. The minimum Gasteiger partial charge on any atom is -0.456 e. The lowest BCUT2D eigenvalue weighted by atomic mass is 10.2. The molecule has 110 valence electrons. The molecule has 1 fully saturated rings. The predicted molar refractivity (Wildman–Crippen MR) is 77.6 cm³/mol. The molecule has 0 spiro atoms. The summed E-state index contributed by atoms with van der Waals surface area (Å²) < 4.78 is 20.0. The molecule has 1 saturated carbocycles. The quantitative estimate of drug-likeness (QED) is 0.879. The number of aromatic nitrogens is 1. The zero-order valence-electron chi connectivity index (χ0n) is 11.2. The molecule has 1 aliphatic carbocycles. The van der Waals surface area contributed by atoms with Crippen LogP contribution in [0.1, 0.15) is 34.9 Å². The Morgan fingerprint density at radius 1 is 1.43 bits per heavy atom. The number of halogens is 2. The van der Waals surface area contributed by atoms with Crippen LogP contribution in [-0.4, -0.2) is 10.5 Å². The van der Waals surface area contributed by atoms with Crippen LogP contribution in [0.3, 0.4) is 0 Å². The Morgan fingerprint density at radius 2 is 2.19 bits per heavy atom. The molecule has 0 aliphatic heterocycles. The standard InChI is InChI=1S/C15H14ClFN2O2/c16-13-5-10(17)2-1-9(13)8-21-15(20)14-6-11(18)7-19(14)12-3-4-12/h1-2,5-7,12H,3-4,8,18H2. The first-order valence-corrected chi connectivity index (χ1v) is 7.01. The molecule has 2 aromatic rings. The van der Waals surface area contributed by atoms with E-state index < -0.39 is 11.8 Å². The largest absolute Gasteiger partial charge is 0.456 e. The maximum absolute atomic E-state index is 13.0. The van der Waals surface area contributed by atoms with Gasteiger partial charge in [-0.2, -0.15) is 0 Å². The Balaban J connectivity index is 1.72. The molecule has 2 N–H and O–H groups in total. The number of carbonyl (C=O) groups excluding carboxylic acids is 1. The minimum absolute atomic E-state index is 0.00625. The molecule has 0 atom stereocenters. The summed E-state index contributed by atoms with van der Waals surface area (Å²) >= 11 is 5.90. The maximum Gasteiger partial charge on any atom is 0.355 e. The van der Waals surface area contributed by atoms with E-state index in [4.69, 9.17) is 22.1 Å². The number of anilines is 1. The SMILES string of the molecule is Nc1cc(C(=O)OCc2ccc(F)cc2Cl)n(C2CC2)c1. The predicted octanol–water partition coefficient (Wildman–Crippen LogP) is 3.55. The van der Waals surface area contributed by atoms with E-state index in [1.807, 2.05) is 4.57 Å². The Morgan fingerprint density at radius 3 is 2.86 bits per heavy atom. The molecular formula is C15H14ClFN2O2. The second kappa shape index (κ2) is 5.41. The van der Waals surface area contributed by atoms with Crippen molar-refractivity contribution in [3.63, 3.8) is 0 Å². The first kappa shape index (κ1) is 13.9. The topological polar surface area (TPSA) is 57.3 Å². The molecule has 1 aromatic carbocycles. The molecule has 0 bridgehead atoms. The molecule has 0 radical (unpaired) electrons. The van der Waals surface area contributed by atoms with Gasteiger partial charge in [0.05, 0.1) is 10.7 Å². The minimum atomic E-state index is -0.459. The number of nitrogens with two attached hydrogens (primary N) is 1. The number of nitrogen functional groups attached to an aromatic ring is 1. The summed E-state index contributed by atoms with van der Waals surface area (Å²) in [6, 6.07) is 5.90. The van der Waals surface area contributed by atoms with Gasteiger partial charge in [0.25, 0.3) is 0 Å². The van der Waals surface area contributed by atoms with Crippen molar-refractivity contribution in [3.05, 3.63) is 52.6 Å². The van der Waals surface area contributed by atoms with Crippen LogP contribution in [0.2, 0.25) is 5.02 Å². The number of esters is 1. The van der Waals surface area contributed by atoms with Crippen LogP contribution in [0.15, 0.2) is 30.5 Å². The molecule has 4 nitrogen and oxygen atoms in total. The molecule has 21 heavy (non-hydrogen) atoms. The second-order valence-corrected chi connectivity index (χ2v) is 5.52. The summed E-state index contributed by atoms with van der Waals surface area (Å²) in [5, 5.41) is 0.236. The lowest BCUT2D eigenvalue weighted by molar-refractivity contribution is 0.0460. The van der Waals surface area contributed by atoms with Gasteiger partial charge in [-0.1, -0.05) is 17.7 Å². The number of carbonyl (C=O) groups is 1. The van der Waals surface area contributed by atoms with E-state index in [0.717, 1.165) is 12.8 Å². The van der Waals surface area contributed by atoms with E-state index >= 15 is 0 Å². The van der Waals surface area contributed by atoms with E-state index in [9.17, 15) is 9.18 Å². The number of ether oxygens (including phenoxy) is 1. The van der Waals surface area contributed by atoms with Gasteiger partial charge in [0.15, 0.2) is 0 Å². The van der Waals surface area contributed by atoms with Crippen LogP contribution in [0.25, 0.3) is 0 Å². The Kier molecular flexibility index (Phi) is 3.59. The fourth-order valence-corrected chi connectivity index (χ4v) is 2.40. The van der Waals surface area contributed by atoms with Crippen LogP contribution in [0.5, 0.6) is 0 Å². The van der Waals surface area contributed by atoms with Gasteiger partial charge in [0, 0.05) is 17.8 Å². The molecule has 0 saturated heterocycles. The zero-order chi connectivity index (χ0) is 15.0. The van der Waals surface area contributed by atoms with Crippen molar-refractivity contribution in [3.8, 4) is 0 Å². The number of benzene rings is 1. The van der Waals surface area contributed by atoms with Crippen molar-refractivity contribution in [2.45, 2.75) is 25.5 Å². The molecule has 1 aliphatic rings. The maximum atomic E-state index is 13.0. The van der Waals surface area contributed by atoms with Gasteiger partial charge in [-0.25, -0.2) is 9.18 Å². The van der Waals surface area contributed by atoms with Crippen LogP contribution in [0, 0.1) is 5.82 Å². The van der Waals surface area contributed by atoms with Crippen LogP contribution >= 0.6 is 11.6 Å². The Labute approximate surface area is 126 Å². The van der Waals surface area contributed by atoms with Crippen molar-refractivity contribution in [2.24, 2.45) is 0 Å². The first-order chi connectivity index (χ1) is 10.0. The van der Waals surface area contributed by atoms with E-state index in [-0.39, 0.29) is 11.6 Å². The zero-order valence-corrected chi connectivity index (χ0v) is 11.9. The molecule has 0 unspecified atom stereocenters. The third kappa shape index (κ3) is 3.03. The lowest BCUT2D eigenvalue weighted by Crippen LogP contribution is -2.11. The van der Waals surface area contributed by atoms with Crippen LogP contribution in [0.4, 0.5) is 10.1 Å². The Hall–Kier alpha value is -2.01. The average Bonchev–Trinajstić information content (AvgIpc) is 3.20. The fourth-order valence-electron chi connectivity index (χ4n) is 2.17. The van der Waals surface area contributed by atoms with Gasteiger partial charge < -0.3 is 15.0 Å². The van der Waals surface area contributed by atoms with E-state index in [1.165, 1.54) is 18.2 Å². The summed E-state index contributed by atoms with van der Waals surface area (Å²) in [6.45, 7) is -0.00625. The monoisotopic (exact) mass is 308 g/mol. The lowest BCUT2D eigenvalue weighted by Gasteiger charge is -2.09. The van der Waals surface area contributed by atoms with E-state index in [1.54, 1.807) is 12.3 Å². The van der Waals surface area contributed by atoms with Crippen LogP contribution < -0.4 is 5.73 Å². The number of nitrogens with zero attached hydrogens (tertiary/aromatic N) is 1. The van der Waals surface area contributed by atoms with Gasteiger partial charge in [0.1, 0.15) is 18.1 Å². The van der Waals surface area contributed by atoms with Gasteiger partial charge in [-0.05, 0) is 31.0 Å². The van der Waals surface area contributed by atoms with Crippen molar-refractivity contribution < 1.29 is 13.9 Å². The highest BCUT2D eigenvalue weighted by Crippen LogP contribution is 2.37. The van der Waals surface area contributed by atoms with E-state index in [2.05, 4.69) is 0 Å². The highest BCUT2D eigenvalue weighted by molar-refractivity contribution is 6.31. The molecule has 1 heterocycles. The fraction of sp³-hybridized carbons (Fsp3) is 0.267. The van der Waals surface area contributed by atoms with Crippen molar-refractivity contribution in [1.82, 2.24) is 4.57 Å². The van der Waals surface area contributed by atoms with Crippen LogP contribution in [-0.2, 0) is 11.3 Å². The molecule has 6 heteroatoms. The molecule has 1 aromatic heterocycles. The molecule has 0 amide bonds. The summed E-state index contributed by atoms with van der Waals surface area (Å²) in [4.78, 5) is 12.1. The first-order valence-electron chi connectivity index (χ1n) is 6.63. The summed E-state index contributed by atoms with van der Waals surface area (Å²) in [5.74, 6) is -0.885. The summed E-state index contributed by atoms with van der Waals surface area (Å²) in [5.41, 5.74) is 7.27. The number of hydrogen-bond donors (Lipinski definition) is 1. The van der Waals surface area contributed by atoms with Gasteiger partial charge in [0.2, 0.25) is 0 Å². The summed E-state index contributed by atoms with van der Waals surface area (Å²) in [6.07, 6.45) is 3.83. The average molecular weight is 309 g/mol. The van der Waals surface area contributed by atoms with Crippen molar-refractivity contribution >= 4 is 23.3 Å². The van der Waals surface area contributed by atoms with E-state index in [0.29, 0.717) is 23.0 Å². The third-order valence-electron chi connectivity index (χ3n) is 3.39. The van der Waals surface area contributed by atoms with Gasteiger partial charge >= 0.3 is 5.97 Å². The smallest absolute Gasteiger partial charge is 0.355 e. The highest BCUT2D eigenvalue weighted by atomic mass is 35.5. The summed E-state index contributed by atoms with van der Waals surface area (Å²) in [7, 11) is 0. The third-order valence-corrected chi connectivity index (χ3v) is 3.74. The highest BCUT2D eigenvalue weighted by Gasteiger charge is 2.28. The molecular weight excluding hydrogens is 295 g/mol. The second-order valence-electron chi connectivity index (χ2n) is 5.11. The van der Waals surface area contributed by atoms with Crippen molar-refractivity contribution in [1.29, 1.82) is 0 Å². The number of hydrogen-bond acceptors (Lipinski definition) is 3. The van der Waals surface area contributed by atoms with Gasteiger partial charge in [-0.3, -0.25) is 0 Å². The molecule has 3 rings (SSSR count). The van der Waals surface area contributed by atoms with Crippen molar-refractivity contribution in [2.75, 3.05) is 5.73 Å². The van der Waals surface area contributed by atoms with Gasteiger partial charge in [-0.15, -0.1) is 0 Å².